The lowest BCUT2D eigenvalue weighted by Crippen LogP contribution is -2.32. The van der Waals surface area contributed by atoms with Crippen LogP contribution in [0.2, 0.25) is 39.3 Å². The third kappa shape index (κ3) is 10.7. The standard InChI is InChI=1S/C9H24OSSi2/c1-9(10-12(2,3)4)8-11-13(5,6)7/h9H,8H2,1-7H3. The number of hydrogen-bond donors (Lipinski definition) is 0. The van der Waals surface area contributed by atoms with Crippen LogP contribution in [0, 0.1) is 0 Å². The molecule has 0 aromatic rings. The van der Waals surface area contributed by atoms with Gasteiger partial charge in [-0.25, -0.2) is 0 Å². The molecular formula is C9H24OSSi2. The van der Waals surface area contributed by atoms with Crippen molar-refractivity contribution in [2.24, 2.45) is 0 Å². The predicted molar refractivity (Wildman–Crippen MR) is 69.7 cm³/mol. The van der Waals surface area contributed by atoms with Gasteiger partial charge in [0.2, 0.25) is 0 Å². The van der Waals surface area contributed by atoms with Crippen molar-refractivity contribution in [1.29, 1.82) is 0 Å². The molecule has 0 heterocycles. The molecule has 4 heteroatoms. The van der Waals surface area contributed by atoms with E-state index >= 15 is 0 Å². The summed E-state index contributed by atoms with van der Waals surface area (Å²) in [4.78, 5) is 0. The maximum atomic E-state index is 5.97. The van der Waals surface area contributed by atoms with Crippen LogP contribution < -0.4 is 0 Å². The van der Waals surface area contributed by atoms with Crippen molar-refractivity contribution in [2.75, 3.05) is 5.75 Å². The lowest BCUT2D eigenvalue weighted by atomic mass is 10.5. The Hall–Kier alpha value is 0.744. The molecule has 1 unspecified atom stereocenters. The van der Waals surface area contributed by atoms with E-state index in [0.29, 0.717) is 6.10 Å². The molecule has 0 aliphatic heterocycles. The van der Waals surface area contributed by atoms with Gasteiger partial charge >= 0.3 is 0 Å². The van der Waals surface area contributed by atoms with Crippen LogP contribution >= 0.6 is 11.2 Å². The van der Waals surface area contributed by atoms with Crippen LogP contribution in [0.5, 0.6) is 0 Å². The van der Waals surface area contributed by atoms with Crippen LogP contribution in [-0.2, 0) is 4.43 Å². The van der Waals surface area contributed by atoms with Crippen LogP contribution in [0.3, 0.4) is 0 Å². The number of rotatable bonds is 5. The smallest absolute Gasteiger partial charge is 0.184 e. The van der Waals surface area contributed by atoms with Gasteiger partial charge in [-0.05, 0) is 26.6 Å². The average molecular weight is 237 g/mol. The Morgan fingerprint density at radius 1 is 1.08 bits per heavy atom. The van der Waals surface area contributed by atoms with E-state index in [1.165, 1.54) is 5.75 Å². The van der Waals surface area contributed by atoms with E-state index in [1.54, 1.807) is 0 Å². The Labute approximate surface area is 89.4 Å². The molecule has 0 spiro atoms. The van der Waals surface area contributed by atoms with Gasteiger partial charge in [0.05, 0.1) is 6.10 Å². The molecule has 0 aromatic carbocycles. The summed E-state index contributed by atoms with van der Waals surface area (Å²) in [6.07, 6.45) is 0.434. The molecule has 0 fully saturated rings. The zero-order valence-electron chi connectivity index (χ0n) is 10.1. The van der Waals surface area contributed by atoms with Crippen LogP contribution in [0.25, 0.3) is 0 Å². The van der Waals surface area contributed by atoms with Gasteiger partial charge in [0.25, 0.3) is 0 Å². The Morgan fingerprint density at radius 2 is 1.54 bits per heavy atom. The molecule has 0 aliphatic carbocycles. The van der Waals surface area contributed by atoms with Crippen molar-refractivity contribution < 1.29 is 4.43 Å². The van der Waals surface area contributed by atoms with Crippen LogP contribution in [0.4, 0.5) is 0 Å². The van der Waals surface area contributed by atoms with E-state index in [1.807, 2.05) is 0 Å². The van der Waals surface area contributed by atoms with Crippen molar-refractivity contribution >= 4 is 26.8 Å². The van der Waals surface area contributed by atoms with E-state index in [4.69, 9.17) is 4.43 Å². The summed E-state index contributed by atoms with van der Waals surface area (Å²) < 4.78 is 5.97. The molecule has 0 aliphatic rings. The van der Waals surface area contributed by atoms with Gasteiger partial charge in [-0.2, -0.15) is 11.2 Å². The second kappa shape index (κ2) is 5.00. The normalized spacial score (nSPS) is 15.9. The van der Waals surface area contributed by atoms with Gasteiger partial charge in [-0.15, -0.1) is 0 Å². The summed E-state index contributed by atoms with van der Waals surface area (Å²) in [7, 11) is -2.26. The molecule has 1 atom stereocenters. The molecule has 0 bridgehead atoms. The average Bonchev–Trinajstić information content (AvgIpc) is 1.78. The minimum atomic E-state index is -1.31. The van der Waals surface area contributed by atoms with Crippen molar-refractivity contribution in [3.05, 3.63) is 0 Å². The first-order valence-electron chi connectivity index (χ1n) is 4.92. The molecule has 0 amide bonds. The third-order valence-corrected chi connectivity index (χ3v) is 7.02. The third-order valence-electron chi connectivity index (χ3n) is 1.31. The molecule has 0 N–H and O–H groups in total. The maximum absolute atomic E-state index is 5.97. The van der Waals surface area contributed by atoms with E-state index < -0.39 is 15.5 Å². The summed E-state index contributed by atoms with van der Waals surface area (Å²) in [6.45, 7) is 16.1. The molecule has 0 radical (unpaired) electrons. The minimum absolute atomic E-state index is 0.434. The number of hydrogen-bond acceptors (Lipinski definition) is 2. The predicted octanol–water partition coefficient (Wildman–Crippen LogP) is 3.79. The first-order valence-corrected chi connectivity index (χ1v) is 13.5. The summed E-state index contributed by atoms with van der Waals surface area (Å²) >= 11 is 2.12. The van der Waals surface area contributed by atoms with Gasteiger partial charge in [-0.1, -0.05) is 19.6 Å². The molecule has 0 saturated carbocycles. The van der Waals surface area contributed by atoms with Gasteiger partial charge in [0.15, 0.2) is 8.32 Å². The van der Waals surface area contributed by atoms with Crippen molar-refractivity contribution in [2.45, 2.75) is 52.3 Å². The van der Waals surface area contributed by atoms with Crippen molar-refractivity contribution in [1.82, 2.24) is 0 Å². The molecule has 13 heavy (non-hydrogen) atoms. The Kier molecular flexibility index (Phi) is 5.29. The van der Waals surface area contributed by atoms with Crippen molar-refractivity contribution in [3.63, 3.8) is 0 Å². The SMILES string of the molecule is CC(CS[Si](C)(C)C)O[Si](C)(C)C. The first kappa shape index (κ1) is 13.7. The fourth-order valence-electron chi connectivity index (χ4n) is 1.00. The highest BCUT2D eigenvalue weighted by Crippen LogP contribution is 2.21. The van der Waals surface area contributed by atoms with Crippen LogP contribution in [0.15, 0.2) is 0 Å². The van der Waals surface area contributed by atoms with Gasteiger partial charge in [0, 0.05) is 5.75 Å². The fourth-order valence-corrected chi connectivity index (χ4v) is 5.42. The Balaban J connectivity index is 3.70. The highest BCUT2D eigenvalue weighted by Gasteiger charge is 2.20. The van der Waals surface area contributed by atoms with Gasteiger partial charge in [0.1, 0.15) is 7.22 Å². The first-order chi connectivity index (χ1) is 5.60. The monoisotopic (exact) mass is 236 g/mol. The zero-order valence-corrected chi connectivity index (χ0v) is 12.9. The summed E-state index contributed by atoms with van der Waals surface area (Å²) in [5.41, 5.74) is 0. The summed E-state index contributed by atoms with van der Waals surface area (Å²) in [5, 5.41) is 0. The van der Waals surface area contributed by atoms with Gasteiger partial charge < -0.3 is 4.43 Å². The molecular weight excluding hydrogens is 212 g/mol. The van der Waals surface area contributed by atoms with Crippen LogP contribution in [-0.4, -0.2) is 27.4 Å². The maximum Gasteiger partial charge on any atom is 0.184 e. The molecule has 0 saturated heterocycles. The second-order valence-corrected chi connectivity index (χ2v) is 19.3. The lowest BCUT2D eigenvalue weighted by Gasteiger charge is -2.25. The van der Waals surface area contributed by atoms with E-state index in [-0.39, 0.29) is 0 Å². The molecule has 0 aromatic heterocycles. The van der Waals surface area contributed by atoms with E-state index in [9.17, 15) is 0 Å². The van der Waals surface area contributed by atoms with Crippen LogP contribution in [0.1, 0.15) is 6.92 Å². The topological polar surface area (TPSA) is 9.23 Å². The highest BCUT2D eigenvalue weighted by molar-refractivity contribution is 8.28. The lowest BCUT2D eigenvalue weighted by molar-refractivity contribution is 0.240. The quantitative estimate of drug-likeness (QED) is 0.672. The second-order valence-electron chi connectivity index (χ2n) is 5.46. The summed E-state index contributed by atoms with van der Waals surface area (Å²) in [5.74, 6) is 1.17. The Morgan fingerprint density at radius 3 is 1.85 bits per heavy atom. The summed E-state index contributed by atoms with van der Waals surface area (Å²) in [6, 6.07) is 0. The van der Waals surface area contributed by atoms with E-state index in [0.717, 1.165) is 0 Å². The molecule has 1 nitrogen and oxygen atoms in total. The fraction of sp³-hybridized carbons (Fsp3) is 1.00. The minimum Gasteiger partial charge on any atom is -0.414 e. The highest BCUT2D eigenvalue weighted by atomic mass is 32.4. The van der Waals surface area contributed by atoms with Crippen molar-refractivity contribution in [3.8, 4) is 0 Å². The zero-order chi connectivity index (χ0) is 10.7. The largest absolute Gasteiger partial charge is 0.414 e. The van der Waals surface area contributed by atoms with E-state index in [2.05, 4.69) is 57.4 Å². The van der Waals surface area contributed by atoms with Gasteiger partial charge in [-0.3, -0.25) is 0 Å². The molecule has 80 valence electrons. The Bertz CT molecular complexity index is 149. The molecule has 0 rings (SSSR count).